The van der Waals surface area contributed by atoms with E-state index in [0.717, 1.165) is 44.8 Å². The number of anilines is 1. The molecular formula is C22H30N4O3. The fourth-order valence-electron chi connectivity index (χ4n) is 4.69. The molecule has 156 valence electrons. The van der Waals surface area contributed by atoms with E-state index in [4.69, 9.17) is 0 Å². The maximum Gasteiger partial charge on any atom is 0.251 e. The molecule has 4 rings (SSSR count). The Labute approximate surface area is 172 Å². The van der Waals surface area contributed by atoms with E-state index in [1.165, 1.54) is 25.7 Å². The van der Waals surface area contributed by atoms with E-state index in [1.807, 2.05) is 4.90 Å². The molecule has 0 unspecified atom stereocenters. The van der Waals surface area contributed by atoms with Crippen LogP contribution in [0.25, 0.3) is 0 Å². The topological polar surface area (TPSA) is 73.0 Å². The molecule has 3 fully saturated rings. The Bertz CT molecular complexity index is 750. The number of carbonyl (C=O) groups excluding carboxylic acids is 3. The van der Waals surface area contributed by atoms with Gasteiger partial charge in [0, 0.05) is 56.4 Å². The van der Waals surface area contributed by atoms with Gasteiger partial charge in [-0.1, -0.05) is 12.8 Å². The highest BCUT2D eigenvalue weighted by Crippen LogP contribution is 2.24. The van der Waals surface area contributed by atoms with Crippen LogP contribution in [-0.2, 0) is 9.59 Å². The number of hydrogen-bond donors (Lipinski definition) is 1. The summed E-state index contributed by atoms with van der Waals surface area (Å²) in [6.45, 7) is 4.09. The number of benzene rings is 1. The molecule has 0 bridgehead atoms. The predicted molar refractivity (Wildman–Crippen MR) is 111 cm³/mol. The van der Waals surface area contributed by atoms with Gasteiger partial charge in [0.2, 0.25) is 11.8 Å². The van der Waals surface area contributed by atoms with Gasteiger partial charge in [-0.3, -0.25) is 19.3 Å². The van der Waals surface area contributed by atoms with Crippen LogP contribution in [0.4, 0.5) is 5.69 Å². The van der Waals surface area contributed by atoms with Crippen LogP contribution < -0.4 is 10.2 Å². The van der Waals surface area contributed by atoms with Gasteiger partial charge in [0.05, 0.1) is 6.54 Å². The Kier molecular flexibility index (Phi) is 6.13. The molecule has 1 aromatic carbocycles. The maximum absolute atomic E-state index is 12.5. The zero-order valence-corrected chi connectivity index (χ0v) is 16.9. The predicted octanol–water partition coefficient (Wildman–Crippen LogP) is 1.63. The number of nitrogens with one attached hydrogen (secondary N) is 1. The first-order valence-corrected chi connectivity index (χ1v) is 10.8. The van der Waals surface area contributed by atoms with Gasteiger partial charge < -0.3 is 15.1 Å². The molecule has 1 aliphatic carbocycles. The average molecular weight is 399 g/mol. The first-order valence-electron chi connectivity index (χ1n) is 10.8. The van der Waals surface area contributed by atoms with Crippen molar-refractivity contribution in [3.8, 4) is 0 Å². The van der Waals surface area contributed by atoms with Gasteiger partial charge in [0.1, 0.15) is 0 Å². The van der Waals surface area contributed by atoms with Gasteiger partial charge in [0.25, 0.3) is 5.91 Å². The molecule has 0 atom stereocenters. The van der Waals surface area contributed by atoms with Gasteiger partial charge >= 0.3 is 0 Å². The minimum Gasteiger partial charge on any atom is -0.343 e. The van der Waals surface area contributed by atoms with E-state index in [2.05, 4.69) is 10.2 Å². The number of piperazine rings is 1. The lowest BCUT2D eigenvalue weighted by Gasteiger charge is -2.38. The smallest absolute Gasteiger partial charge is 0.251 e. The van der Waals surface area contributed by atoms with Gasteiger partial charge in [0.15, 0.2) is 0 Å². The third kappa shape index (κ3) is 4.61. The molecule has 2 saturated heterocycles. The van der Waals surface area contributed by atoms with Crippen molar-refractivity contribution in [1.82, 2.24) is 15.1 Å². The lowest BCUT2D eigenvalue weighted by Crippen LogP contribution is -2.53. The van der Waals surface area contributed by atoms with E-state index in [0.29, 0.717) is 18.0 Å². The van der Waals surface area contributed by atoms with E-state index < -0.39 is 0 Å². The van der Waals surface area contributed by atoms with Gasteiger partial charge in [-0.2, -0.15) is 0 Å². The van der Waals surface area contributed by atoms with E-state index in [-0.39, 0.29) is 24.3 Å². The molecule has 7 nitrogen and oxygen atoms in total. The summed E-state index contributed by atoms with van der Waals surface area (Å²) in [4.78, 5) is 42.8. The SMILES string of the molecule is O=C(NCC(=O)N1CCN(C2CCCC2)CC1)c1ccc(N2CCCC2=O)cc1. The van der Waals surface area contributed by atoms with Crippen LogP contribution in [0.15, 0.2) is 24.3 Å². The summed E-state index contributed by atoms with van der Waals surface area (Å²) in [7, 11) is 0. The second kappa shape index (κ2) is 8.95. The molecule has 29 heavy (non-hydrogen) atoms. The number of rotatable bonds is 5. The van der Waals surface area contributed by atoms with Crippen LogP contribution in [0.3, 0.4) is 0 Å². The highest BCUT2D eigenvalue weighted by molar-refractivity contribution is 5.98. The summed E-state index contributed by atoms with van der Waals surface area (Å²) in [5.41, 5.74) is 1.32. The molecule has 1 saturated carbocycles. The van der Waals surface area contributed by atoms with Crippen molar-refractivity contribution in [2.45, 2.75) is 44.6 Å². The van der Waals surface area contributed by atoms with Crippen LogP contribution >= 0.6 is 0 Å². The molecule has 2 aliphatic heterocycles. The fraction of sp³-hybridized carbons (Fsp3) is 0.591. The third-order valence-corrected chi connectivity index (χ3v) is 6.42. The van der Waals surface area contributed by atoms with Crippen molar-refractivity contribution in [2.75, 3.05) is 44.2 Å². The molecule has 3 aliphatic rings. The highest BCUT2D eigenvalue weighted by Gasteiger charge is 2.28. The quantitative estimate of drug-likeness (QED) is 0.818. The maximum atomic E-state index is 12.5. The Hall–Kier alpha value is -2.41. The van der Waals surface area contributed by atoms with Crippen molar-refractivity contribution in [3.05, 3.63) is 29.8 Å². The minimum absolute atomic E-state index is 0.0224. The van der Waals surface area contributed by atoms with Crippen LogP contribution in [0.2, 0.25) is 0 Å². The summed E-state index contributed by atoms with van der Waals surface area (Å²) in [5, 5.41) is 2.74. The highest BCUT2D eigenvalue weighted by atomic mass is 16.2. The lowest BCUT2D eigenvalue weighted by molar-refractivity contribution is -0.132. The molecular weight excluding hydrogens is 368 g/mol. The fourth-order valence-corrected chi connectivity index (χ4v) is 4.69. The van der Waals surface area contributed by atoms with Gasteiger partial charge in [-0.25, -0.2) is 0 Å². The van der Waals surface area contributed by atoms with E-state index >= 15 is 0 Å². The van der Waals surface area contributed by atoms with Gasteiger partial charge in [-0.05, 0) is 43.5 Å². The van der Waals surface area contributed by atoms with Crippen molar-refractivity contribution in [1.29, 1.82) is 0 Å². The number of nitrogens with zero attached hydrogens (tertiary/aromatic N) is 3. The standard InChI is InChI=1S/C22H30N4O3/c27-20-6-3-11-26(20)19-9-7-17(8-10-19)22(29)23-16-21(28)25-14-12-24(13-15-25)18-4-1-2-5-18/h7-10,18H,1-6,11-16H2,(H,23,29). The zero-order valence-electron chi connectivity index (χ0n) is 16.9. The second-order valence-electron chi connectivity index (χ2n) is 8.23. The second-order valence-corrected chi connectivity index (χ2v) is 8.23. The summed E-state index contributed by atoms with van der Waals surface area (Å²) in [6, 6.07) is 7.71. The number of hydrogen-bond acceptors (Lipinski definition) is 4. The molecule has 0 aromatic heterocycles. The Morgan fingerprint density at radius 1 is 0.931 bits per heavy atom. The largest absolute Gasteiger partial charge is 0.343 e. The van der Waals surface area contributed by atoms with Crippen LogP contribution in [0.5, 0.6) is 0 Å². The average Bonchev–Trinajstić information content (AvgIpc) is 3.44. The molecule has 7 heteroatoms. The van der Waals surface area contributed by atoms with E-state index in [1.54, 1.807) is 29.2 Å². The molecule has 1 N–H and O–H groups in total. The number of amides is 3. The normalized spacial score (nSPS) is 21.0. The molecule has 0 radical (unpaired) electrons. The van der Waals surface area contributed by atoms with Crippen molar-refractivity contribution in [3.63, 3.8) is 0 Å². The Morgan fingerprint density at radius 3 is 2.24 bits per heavy atom. The molecule has 3 amide bonds. The Balaban J connectivity index is 1.23. The van der Waals surface area contributed by atoms with Gasteiger partial charge in [-0.15, -0.1) is 0 Å². The lowest BCUT2D eigenvalue weighted by atomic mass is 10.1. The first-order chi connectivity index (χ1) is 14.1. The monoisotopic (exact) mass is 398 g/mol. The number of carbonyl (C=O) groups is 3. The summed E-state index contributed by atoms with van der Waals surface area (Å²) in [6.07, 6.45) is 6.68. The van der Waals surface area contributed by atoms with Crippen molar-refractivity contribution in [2.24, 2.45) is 0 Å². The molecule has 2 heterocycles. The summed E-state index contributed by atoms with van der Waals surface area (Å²) >= 11 is 0. The zero-order chi connectivity index (χ0) is 20.2. The van der Waals surface area contributed by atoms with Crippen LogP contribution in [-0.4, -0.2) is 72.8 Å². The third-order valence-electron chi connectivity index (χ3n) is 6.42. The summed E-state index contributed by atoms with van der Waals surface area (Å²) < 4.78 is 0. The van der Waals surface area contributed by atoms with Crippen LogP contribution in [0, 0.1) is 0 Å². The molecule has 1 aromatic rings. The van der Waals surface area contributed by atoms with Crippen LogP contribution in [0.1, 0.15) is 48.9 Å². The molecule has 0 spiro atoms. The van der Waals surface area contributed by atoms with Crippen molar-refractivity contribution < 1.29 is 14.4 Å². The summed E-state index contributed by atoms with van der Waals surface area (Å²) in [5.74, 6) is -0.160. The first kappa shape index (κ1) is 19.9. The van der Waals surface area contributed by atoms with Crippen molar-refractivity contribution >= 4 is 23.4 Å². The van der Waals surface area contributed by atoms with E-state index in [9.17, 15) is 14.4 Å². The Morgan fingerprint density at radius 2 is 1.62 bits per heavy atom. The minimum atomic E-state index is -0.262.